The van der Waals surface area contributed by atoms with E-state index in [-0.39, 0.29) is 5.92 Å². The zero-order valence-corrected chi connectivity index (χ0v) is 13.5. The Hall–Kier alpha value is -2.70. The van der Waals surface area contributed by atoms with Gasteiger partial charge in [-0.3, -0.25) is 14.6 Å². The van der Waals surface area contributed by atoms with E-state index in [1.165, 1.54) is 11.1 Å². The summed E-state index contributed by atoms with van der Waals surface area (Å²) in [5.41, 5.74) is 6.24. The number of fused-ring (bicyclic) bond motifs is 1. The van der Waals surface area contributed by atoms with E-state index in [1.54, 1.807) is 18.5 Å². The molecule has 2 rings (SSSR count). The summed E-state index contributed by atoms with van der Waals surface area (Å²) in [6.45, 7) is 6.86. The molecular weight excluding hydrogens is 294 g/mol. The number of amides is 2. The van der Waals surface area contributed by atoms with Crippen LogP contribution >= 0.6 is 0 Å². The number of carbonyl (C=O) groups is 2. The highest BCUT2D eigenvalue weighted by Crippen LogP contribution is 2.24. The molecule has 0 saturated heterocycles. The van der Waals surface area contributed by atoms with Crippen LogP contribution in [0.3, 0.4) is 0 Å². The highest BCUT2D eigenvalue weighted by molar-refractivity contribution is 6.40. The zero-order valence-electron chi connectivity index (χ0n) is 13.5. The minimum atomic E-state index is -0.683. The third kappa shape index (κ3) is 3.74. The first-order chi connectivity index (χ1) is 10.9. The lowest BCUT2D eigenvalue weighted by molar-refractivity contribution is -0.143. The van der Waals surface area contributed by atoms with Crippen LogP contribution in [-0.4, -0.2) is 39.8 Å². The minimum Gasteiger partial charge on any atom is -0.383 e. The zero-order chi connectivity index (χ0) is 17.0. The summed E-state index contributed by atoms with van der Waals surface area (Å²) in [4.78, 5) is 34.1. The molecule has 0 aromatic carbocycles. The molecule has 0 aliphatic carbocycles. The van der Waals surface area contributed by atoms with Crippen molar-refractivity contribution >= 4 is 34.1 Å². The number of hydrogen-bond acceptors (Lipinski definition) is 5. The first-order valence-electron chi connectivity index (χ1n) is 7.52. The number of carbonyl (C=O) groups excluding carboxylic acids is 2. The predicted octanol–water partition coefficient (Wildman–Crippen LogP) is 1.65. The van der Waals surface area contributed by atoms with Crippen LogP contribution in [0.4, 0.5) is 11.5 Å². The van der Waals surface area contributed by atoms with Gasteiger partial charge in [0.1, 0.15) is 5.82 Å². The van der Waals surface area contributed by atoms with Crippen LogP contribution in [0.15, 0.2) is 24.7 Å². The molecule has 0 aliphatic rings. The van der Waals surface area contributed by atoms with Crippen LogP contribution in [-0.2, 0) is 9.59 Å². The largest absolute Gasteiger partial charge is 0.383 e. The number of rotatable bonds is 4. The van der Waals surface area contributed by atoms with Crippen LogP contribution in [0.25, 0.3) is 10.8 Å². The standard InChI is InChI=1S/C16H21N5O2/c1-4-21(9-10(2)3)16(23)15(22)20-13-8-18-7-12-11(13)5-6-19-14(12)17/h5-8,10H,4,9H2,1-3H3,(H2,17,19)(H,20,22). The van der Waals surface area contributed by atoms with Gasteiger partial charge in [0.15, 0.2) is 0 Å². The fraction of sp³-hybridized carbons (Fsp3) is 0.375. The van der Waals surface area contributed by atoms with Crippen molar-refractivity contribution < 1.29 is 9.59 Å². The van der Waals surface area contributed by atoms with Gasteiger partial charge in [-0.1, -0.05) is 13.8 Å². The Bertz CT molecular complexity index is 729. The monoisotopic (exact) mass is 315 g/mol. The third-order valence-corrected chi connectivity index (χ3v) is 3.42. The lowest BCUT2D eigenvalue weighted by Gasteiger charge is -2.22. The predicted molar refractivity (Wildman–Crippen MR) is 89.7 cm³/mol. The van der Waals surface area contributed by atoms with E-state index in [0.717, 1.165) is 0 Å². The summed E-state index contributed by atoms with van der Waals surface area (Å²) in [7, 11) is 0. The average Bonchev–Trinajstić information content (AvgIpc) is 2.52. The van der Waals surface area contributed by atoms with Gasteiger partial charge < -0.3 is 16.0 Å². The Morgan fingerprint density at radius 2 is 2.04 bits per heavy atom. The molecule has 0 atom stereocenters. The smallest absolute Gasteiger partial charge is 0.313 e. The molecule has 2 amide bonds. The van der Waals surface area contributed by atoms with Crippen molar-refractivity contribution in [3.8, 4) is 0 Å². The number of nitrogen functional groups attached to an aromatic ring is 1. The minimum absolute atomic E-state index is 0.289. The fourth-order valence-corrected chi connectivity index (χ4v) is 2.33. The van der Waals surface area contributed by atoms with Crippen molar-refractivity contribution in [1.82, 2.24) is 14.9 Å². The summed E-state index contributed by atoms with van der Waals surface area (Å²) >= 11 is 0. The molecule has 0 fully saturated rings. The van der Waals surface area contributed by atoms with E-state index in [9.17, 15) is 9.59 Å². The number of pyridine rings is 2. The Kier molecular flexibility index (Phi) is 5.10. The summed E-state index contributed by atoms with van der Waals surface area (Å²) in [5, 5.41) is 3.95. The van der Waals surface area contributed by atoms with E-state index < -0.39 is 11.8 Å². The summed E-state index contributed by atoms with van der Waals surface area (Å²) < 4.78 is 0. The first kappa shape index (κ1) is 16.7. The number of anilines is 2. The van der Waals surface area contributed by atoms with Gasteiger partial charge in [-0.25, -0.2) is 4.98 Å². The second-order valence-corrected chi connectivity index (χ2v) is 5.67. The molecule has 0 spiro atoms. The van der Waals surface area contributed by atoms with Gasteiger partial charge >= 0.3 is 11.8 Å². The van der Waals surface area contributed by atoms with E-state index >= 15 is 0 Å². The third-order valence-electron chi connectivity index (χ3n) is 3.42. The maximum Gasteiger partial charge on any atom is 0.313 e. The second-order valence-electron chi connectivity index (χ2n) is 5.67. The Morgan fingerprint density at radius 3 is 2.70 bits per heavy atom. The Balaban J connectivity index is 2.23. The molecule has 7 heteroatoms. The van der Waals surface area contributed by atoms with Crippen molar-refractivity contribution in [1.29, 1.82) is 0 Å². The molecule has 122 valence electrons. The summed E-state index contributed by atoms with van der Waals surface area (Å²) in [6, 6.07) is 1.72. The Morgan fingerprint density at radius 1 is 1.30 bits per heavy atom. The fourth-order valence-electron chi connectivity index (χ4n) is 2.33. The van der Waals surface area contributed by atoms with Crippen LogP contribution in [0, 0.1) is 5.92 Å². The summed E-state index contributed by atoms with van der Waals surface area (Å²) in [6.07, 6.45) is 4.62. The van der Waals surface area contributed by atoms with Gasteiger partial charge in [0.2, 0.25) is 0 Å². The van der Waals surface area contributed by atoms with Crippen molar-refractivity contribution in [2.24, 2.45) is 5.92 Å². The molecule has 0 radical (unpaired) electrons. The van der Waals surface area contributed by atoms with Crippen LogP contribution in [0.2, 0.25) is 0 Å². The van der Waals surface area contributed by atoms with Gasteiger partial charge in [0, 0.05) is 36.3 Å². The SMILES string of the molecule is CCN(CC(C)C)C(=O)C(=O)Nc1cncc2c(N)nccc12. The van der Waals surface area contributed by atoms with Crippen molar-refractivity contribution in [3.63, 3.8) is 0 Å². The molecule has 3 N–H and O–H groups in total. The maximum absolute atomic E-state index is 12.3. The van der Waals surface area contributed by atoms with Gasteiger partial charge in [-0.2, -0.15) is 0 Å². The Labute approximate surface area is 134 Å². The second kappa shape index (κ2) is 7.04. The van der Waals surface area contributed by atoms with Crippen LogP contribution in [0.1, 0.15) is 20.8 Å². The molecule has 2 heterocycles. The summed E-state index contributed by atoms with van der Waals surface area (Å²) in [5.74, 6) is -0.623. The van der Waals surface area contributed by atoms with E-state index in [0.29, 0.717) is 35.4 Å². The first-order valence-corrected chi connectivity index (χ1v) is 7.52. The molecule has 0 aliphatic heterocycles. The van der Waals surface area contributed by atoms with Gasteiger partial charge in [-0.15, -0.1) is 0 Å². The molecule has 0 unspecified atom stereocenters. The number of likely N-dealkylation sites (N-methyl/N-ethyl adjacent to an activating group) is 1. The molecule has 2 aromatic rings. The highest BCUT2D eigenvalue weighted by atomic mass is 16.2. The maximum atomic E-state index is 12.3. The number of hydrogen-bond donors (Lipinski definition) is 2. The van der Waals surface area contributed by atoms with Crippen molar-refractivity contribution in [2.75, 3.05) is 24.1 Å². The van der Waals surface area contributed by atoms with Gasteiger partial charge in [0.25, 0.3) is 0 Å². The molecule has 0 saturated carbocycles. The molecule has 2 aromatic heterocycles. The number of aromatic nitrogens is 2. The van der Waals surface area contributed by atoms with Gasteiger partial charge in [0.05, 0.1) is 11.9 Å². The lowest BCUT2D eigenvalue weighted by Crippen LogP contribution is -2.41. The number of nitrogens with zero attached hydrogens (tertiary/aromatic N) is 3. The lowest BCUT2D eigenvalue weighted by atomic mass is 10.2. The number of nitrogens with one attached hydrogen (secondary N) is 1. The van der Waals surface area contributed by atoms with E-state index in [1.807, 2.05) is 20.8 Å². The average molecular weight is 315 g/mol. The van der Waals surface area contributed by atoms with Crippen molar-refractivity contribution in [3.05, 3.63) is 24.7 Å². The molecule has 7 nitrogen and oxygen atoms in total. The van der Waals surface area contributed by atoms with E-state index in [2.05, 4.69) is 15.3 Å². The normalized spacial score (nSPS) is 10.8. The molecular formula is C16H21N5O2. The topological polar surface area (TPSA) is 101 Å². The highest BCUT2D eigenvalue weighted by Gasteiger charge is 2.22. The van der Waals surface area contributed by atoms with Crippen LogP contribution < -0.4 is 11.1 Å². The molecule has 23 heavy (non-hydrogen) atoms. The molecule has 0 bridgehead atoms. The van der Waals surface area contributed by atoms with E-state index in [4.69, 9.17) is 5.73 Å². The van der Waals surface area contributed by atoms with Crippen molar-refractivity contribution in [2.45, 2.75) is 20.8 Å². The quantitative estimate of drug-likeness (QED) is 0.835. The van der Waals surface area contributed by atoms with Crippen LogP contribution in [0.5, 0.6) is 0 Å². The number of nitrogens with two attached hydrogens (primary N) is 1. The van der Waals surface area contributed by atoms with Gasteiger partial charge in [-0.05, 0) is 18.9 Å².